The number of rotatable bonds is 6. The van der Waals surface area contributed by atoms with Gasteiger partial charge in [0.15, 0.2) is 0 Å². The molecule has 172 valence electrons. The number of carbonyl (C=O) groups excluding carboxylic acids is 1. The van der Waals surface area contributed by atoms with Crippen LogP contribution in [-0.4, -0.2) is 48.5 Å². The van der Waals surface area contributed by atoms with Crippen LogP contribution in [0.5, 0.6) is 5.75 Å². The van der Waals surface area contributed by atoms with Crippen LogP contribution >= 0.6 is 0 Å². The molecule has 0 radical (unpaired) electrons. The molecule has 2 fully saturated rings. The van der Waals surface area contributed by atoms with Crippen molar-refractivity contribution in [2.24, 2.45) is 23.2 Å². The summed E-state index contributed by atoms with van der Waals surface area (Å²) in [5.41, 5.74) is 3.33. The molecule has 0 unspecified atom stereocenters. The highest BCUT2D eigenvalue weighted by atomic mass is 16.6. The van der Waals surface area contributed by atoms with Gasteiger partial charge in [0.05, 0.1) is 19.1 Å². The molecule has 0 spiro atoms. The molecule has 5 rings (SSSR count). The molecule has 2 heterocycles. The molecule has 1 aromatic carbocycles. The summed E-state index contributed by atoms with van der Waals surface area (Å²) < 4.78 is 11.1. The van der Waals surface area contributed by atoms with Gasteiger partial charge in [0.2, 0.25) is 0 Å². The molecule has 6 atom stereocenters. The second kappa shape index (κ2) is 8.23. The Hall–Kier alpha value is -2.31. The number of aromatic nitrogens is 1. The summed E-state index contributed by atoms with van der Waals surface area (Å²) in [6.07, 6.45) is 7.30. The van der Waals surface area contributed by atoms with E-state index in [2.05, 4.69) is 36.3 Å². The Morgan fingerprint density at radius 1 is 1.38 bits per heavy atom. The fourth-order valence-electron chi connectivity index (χ4n) is 6.27. The van der Waals surface area contributed by atoms with Crippen LogP contribution in [0.15, 0.2) is 36.0 Å². The highest BCUT2D eigenvalue weighted by Gasteiger charge is 2.59. The molecule has 3 N–H and O–H groups in total. The van der Waals surface area contributed by atoms with Gasteiger partial charge in [-0.15, -0.1) is 0 Å². The van der Waals surface area contributed by atoms with Crippen molar-refractivity contribution in [2.75, 3.05) is 20.2 Å². The van der Waals surface area contributed by atoms with Gasteiger partial charge in [0.25, 0.3) is 0 Å². The molecule has 1 saturated carbocycles. The number of aliphatic hydroxyl groups excluding tert-OH is 1. The maximum absolute atomic E-state index is 12.7. The van der Waals surface area contributed by atoms with Crippen molar-refractivity contribution in [3.8, 4) is 5.75 Å². The number of hydrogen-bond acceptors (Lipinski definition) is 5. The minimum Gasteiger partial charge on any atom is -0.497 e. The summed E-state index contributed by atoms with van der Waals surface area (Å²) in [5.74, 6) is 0.636. The van der Waals surface area contributed by atoms with E-state index in [4.69, 9.17) is 9.47 Å². The Balaban J connectivity index is 1.25. The SMILES string of the molecule is COc1ccc2[nH]cc(CCNC[C@@H]3C(=O)O[C@@H]4CC5=CCC[C@@H](C)[C@@]5(C)[C@H](O)[C@H]34)c2c1. The topological polar surface area (TPSA) is 83.6 Å². The van der Waals surface area contributed by atoms with Gasteiger partial charge >= 0.3 is 5.97 Å². The summed E-state index contributed by atoms with van der Waals surface area (Å²) >= 11 is 0. The molecule has 2 aliphatic carbocycles. The van der Waals surface area contributed by atoms with Gasteiger partial charge in [0, 0.05) is 41.4 Å². The minimum absolute atomic E-state index is 0.143. The zero-order chi connectivity index (χ0) is 22.5. The number of fused-ring (bicyclic) bond motifs is 3. The third-order valence-corrected chi connectivity index (χ3v) is 8.48. The lowest BCUT2D eigenvalue weighted by Crippen LogP contribution is -2.54. The second-order valence-electron chi connectivity index (χ2n) is 9.98. The predicted octanol–water partition coefficient (Wildman–Crippen LogP) is 3.59. The van der Waals surface area contributed by atoms with Crippen LogP contribution in [0.25, 0.3) is 10.9 Å². The smallest absolute Gasteiger partial charge is 0.311 e. The Labute approximate surface area is 189 Å². The summed E-state index contributed by atoms with van der Waals surface area (Å²) in [7, 11) is 1.68. The summed E-state index contributed by atoms with van der Waals surface area (Å²) in [4.78, 5) is 16.0. The van der Waals surface area contributed by atoms with Crippen LogP contribution < -0.4 is 10.1 Å². The molecule has 1 aliphatic heterocycles. The third-order valence-electron chi connectivity index (χ3n) is 8.48. The average molecular weight is 439 g/mol. The molecule has 0 bridgehead atoms. The second-order valence-corrected chi connectivity index (χ2v) is 9.98. The quantitative estimate of drug-likeness (QED) is 0.365. The van der Waals surface area contributed by atoms with Crippen LogP contribution in [0.2, 0.25) is 0 Å². The fraction of sp³-hybridized carbons (Fsp3) is 0.577. The molecule has 6 heteroatoms. The fourth-order valence-corrected chi connectivity index (χ4v) is 6.27. The van der Waals surface area contributed by atoms with Gasteiger partial charge in [-0.1, -0.05) is 25.5 Å². The highest BCUT2D eigenvalue weighted by Crippen LogP contribution is 2.55. The number of allylic oxidation sites excluding steroid dienone is 1. The Morgan fingerprint density at radius 2 is 2.22 bits per heavy atom. The van der Waals surface area contributed by atoms with Crippen LogP contribution in [0.1, 0.15) is 38.7 Å². The molecule has 32 heavy (non-hydrogen) atoms. The number of hydrogen-bond donors (Lipinski definition) is 3. The number of esters is 1. The molecule has 1 aromatic heterocycles. The Kier molecular flexibility index (Phi) is 5.54. The van der Waals surface area contributed by atoms with E-state index in [-0.39, 0.29) is 29.3 Å². The average Bonchev–Trinajstić information content (AvgIpc) is 3.33. The molecule has 6 nitrogen and oxygen atoms in total. The van der Waals surface area contributed by atoms with Crippen molar-refractivity contribution in [2.45, 2.75) is 51.7 Å². The monoisotopic (exact) mass is 438 g/mol. The van der Waals surface area contributed by atoms with Crippen LogP contribution in [0.4, 0.5) is 0 Å². The zero-order valence-electron chi connectivity index (χ0n) is 19.2. The summed E-state index contributed by atoms with van der Waals surface area (Å²) in [6, 6.07) is 6.03. The lowest BCUT2D eigenvalue weighted by molar-refractivity contribution is -0.144. The van der Waals surface area contributed by atoms with Gasteiger partial charge < -0.3 is 24.9 Å². The van der Waals surface area contributed by atoms with Crippen molar-refractivity contribution in [3.63, 3.8) is 0 Å². The largest absolute Gasteiger partial charge is 0.497 e. The number of aromatic amines is 1. The number of nitrogens with one attached hydrogen (secondary N) is 2. The summed E-state index contributed by atoms with van der Waals surface area (Å²) in [6.45, 7) is 5.70. The first-order chi connectivity index (χ1) is 15.4. The number of ether oxygens (including phenoxy) is 2. The lowest BCUT2D eigenvalue weighted by Gasteiger charge is -2.51. The van der Waals surface area contributed by atoms with E-state index >= 15 is 0 Å². The molecular formula is C26H34N2O4. The number of methoxy groups -OCH3 is 1. The van der Waals surface area contributed by atoms with Gasteiger partial charge in [-0.05, 0) is 55.5 Å². The highest BCUT2D eigenvalue weighted by molar-refractivity contribution is 5.84. The van der Waals surface area contributed by atoms with Crippen molar-refractivity contribution in [1.29, 1.82) is 0 Å². The van der Waals surface area contributed by atoms with E-state index in [9.17, 15) is 9.90 Å². The number of carbonyl (C=O) groups is 1. The van der Waals surface area contributed by atoms with Gasteiger partial charge in [-0.3, -0.25) is 4.79 Å². The Morgan fingerprint density at radius 3 is 3.03 bits per heavy atom. The first kappa shape index (κ1) is 21.5. The van der Waals surface area contributed by atoms with Crippen LogP contribution in [0, 0.1) is 23.2 Å². The maximum Gasteiger partial charge on any atom is 0.311 e. The van der Waals surface area contributed by atoms with E-state index in [0.29, 0.717) is 12.5 Å². The van der Waals surface area contributed by atoms with Crippen LogP contribution in [0.3, 0.4) is 0 Å². The molecule has 3 aliphatic rings. The van der Waals surface area contributed by atoms with E-state index < -0.39 is 6.10 Å². The van der Waals surface area contributed by atoms with Crippen molar-refractivity contribution in [1.82, 2.24) is 10.3 Å². The van der Waals surface area contributed by atoms with Crippen molar-refractivity contribution >= 4 is 16.9 Å². The molecule has 0 amide bonds. The molecule has 2 aromatic rings. The first-order valence-electron chi connectivity index (χ1n) is 11.9. The number of H-pyrrole nitrogens is 1. The molecule has 1 saturated heterocycles. The lowest BCUT2D eigenvalue weighted by atomic mass is 9.55. The van der Waals surface area contributed by atoms with Crippen molar-refractivity contribution < 1.29 is 19.4 Å². The van der Waals surface area contributed by atoms with E-state index in [1.54, 1.807) is 7.11 Å². The first-order valence-corrected chi connectivity index (χ1v) is 11.9. The van der Waals surface area contributed by atoms with Crippen LogP contribution in [-0.2, 0) is 16.0 Å². The summed E-state index contributed by atoms with van der Waals surface area (Å²) in [5, 5.41) is 16.1. The molecular weight excluding hydrogens is 404 g/mol. The third kappa shape index (κ3) is 3.35. The Bertz CT molecular complexity index is 1040. The standard InChI is InChI=1S/C26H34N2O4/c1-15-5-4-6-17-11-22-23(24(29)26(15,17)2)20(25(30)32-22)14-27-10-9-16-13-28-21-8-7-18(31-3)12-19(16)21/h6-8,12-13,15,20,22-24,27-29H,4-5,9-11,14H2,1-3H3/t15-,20+,22-,23-,24-,26-/m1/s1. The number of benzene rings is 1. The van der Waals surface area contributed by atoms with E-state index in [1.807, 2.05) is 18.3 Å². The minimum atomic E-state index is -0.554. The van der Waals surface area contributed by atoms with Gasteiger partial charge in [-0.2, -0.15) is 0 Å². The zero-order valence-corrected chi connectivity index (χ0v) is 19.2. The van der Waals surface area contributed by atoms with E-state index in [1.165, 1.54) is 11.1 Å². The van der Waals surface area contributed by atoms with Crippen molar-refractivity contribution in [3.05, 3.63) is 41.6 Å². The predicted molar refractivity (Wildman–Crippen MR) is 123 cm³/mol. The normalized spacial score (nSPS) is 34.1. The maximum atomic E-state index is 12.7. The van der Waals surface area contributed by atoms with E-state index in [0.717, 1.165) is 48.9 Å². The number of aliphatic hydroxyl groups is 1. The van der Waals surface area contributed by atoms with Gasteiger partial charge in [0.1, 0.15) is 11.9 Å². The van der Waals surface area contributed by atoms with Gasteiger partial charge in [-0.25, -0.2) is 0 Å².